The van der Waals surface area contributed by atoms with Crippen molar-refractivity contribution >= 4 is 23.5 Å². The van der Waals surface area contributed by atoms with Crippen LogP contribution >= 0.6 is 0 Å². The summed E-state index contributed by atoms with van der Waals surface area (Å²) in [5.41, 5.74) is -0.490. The lowest BCUT2D eigenvalue weighted by Gasteiger charge is -2.37. The number of alkyl halides is 3. The Morgan fingerprint density at radius 2 is 1.56 bits per heavy atom. The van der Waals surface area contributed by atoms with Crippen LogP contribution in [0.15, 0.2) is 78.9 Å². The van der Waals surface area contributed by atoms with Crippen molar-refractivity contribution in [2.24, 2.45) is 0 Å². The molecule has 0 aliphatic carbocycles. The summed E-state index contributed by atoms with van der Waals surface area (Å²) in [6.07, 6.45) is -4.42. The van der Waals surface area contributed by atoms with Gasteiger partial charge in [-0.25, -0.2) is 9.69 Å². The summed E-state index contributed by atoms with van der Waals surface area (Å²) in [6, 6.07) is 20.1. The number of imide groups is 1. The molecule has 196 valence electrons. The smallest absolute Gasteiger partial charge is 0.334 e. The number of hydrogen-bond donors (Lipinski definition) is 0. The molecule has 3 heterocycles. The fraction of sp³-hybridized carbons (Fsp3) is 0.241. The van der Waals surface area contributed by atoms with Crippen molar-refractivity contribution in [3.05, 3.63) is 101 Å². The molecular formula is C29H21F3N4O3. The number of amides is 4. The zero-order chi connectivity index (χ0) is 27.5. The van der Waals surface area contributed by atoms with Gasteiger partial charge in [0, 0.05) is 6.54 Å². The molecule has 4 amide bonds. The summed E-state index contributed by atoms with van der Waals surface area (Å²) < 4.78 is 40.7. The zero-order valence-electron chi connectivity index (χ0n) is 20.4. The molecule has 0 spiro atoms. The number of nitriles is 1. The van der Waals surface area contributed by atoms with Crippen molar-refractivity contribution in [2.75, 3.05) is 11.4 Å². The largest absolute Gasteiger partial charge is 0.417 e. The molecular weight excluding hydrogens is 509 g/mol. The second-order valence-electron chi connectivity index (χ2n) is 9.85. The Morgan fingerprint density at radius 3 is 2.13 bits per heavy atom. The molecule has 3 saturated heterocycles. The summed E-state index contributed by atoms with van der Waals surface area (Å²) >= 11 is 0. The number of fused-ring (bicyclic) bond motifs is 5. The molecule has 0 radical (unpaired) electrons. The standard InChI is InChI=1S/C29H21F3N4O3/c30-29(31,32)22-13-20(12-11-19(22)15-33)36-27(38)25-23-14-21(35(25)28(36)39)16-34(23)26(37)24(17-7-3-1-4-8-17)18-9-5-2-6-10-18/h1-13,21,23-25H,14,16H2/t21-,23?,25?/m1/s1. The van der Waals surface area contributed by atoms with Crippen molar-refractivity contribution in [3.63, 3.8) is 0 Å². The average Bonchev–Trinajstić information content (AvgIpc) is 3.60. The van der Waals surface area contributed by atoms with E-state index < -0.39 is 53.3 Å². The number of likely N-dealkylation sites (tertiary alicyclic amines) is 1. The molecule has 3 fully saturated rings. The second kappa shape index (κ2) is 8.98. The number of urea groups is 1. The molecule has 3 aromatic rings. The summed E-state index contributed by atoms with van der Waals surface area (Å²) in [6.45, 7) is 0.226. The van der Waals surface area contributed by atoms with E-state index in [1.807, 2.05) is 60.7 Å². The van der Waals surface area contributed by atoms with Crippen LogP contribution in [0.25, 0.3) is 0 Å². The van der Waals surface area contributed by atoms with Crippen LogP contribution in [0.2, 0.25) is 0 Å². The first-order valence-corrected chi connectivity index (χ1v) is 12.4. The first-order chi connectivity index (χ1) is 18.7. The molecule has 10 heteroatoms. The minimum atomic E-state index is -4.84. The Balaban J connectivity index is 1.33. The van der Waals surface area contributed by atoms with Gasteiger partial charge >= 0.3 is 12.2 Å². The first-order valence-electron chi connectivity index (χ1n) is 12.4. The van der Waals surface area contributed by atoms with E-state index in [-0.39, 0.29) is 18.1 Å². The quantitative estimate of drug-likeness (QED) is 0.464. The molecule has 2 bridgehead atoms. The number of halogens is 3. The van der Waals surface area contributed by atoms with Gasteiger partial charge in [-0.2, -0.15) is 18.4 Å². The number of rotatable bonds is 4. The molecule has 2 unspecified atom stereocenters. The normalized spacial score (nSPS) is 22.0. The topological polar surface area (TPSA) is 84.7 Å². The maximum Gasteiger partial charge on any atom is 0.417 e. The molecule has 3 aromatic carbocycles. The predicted molar refractivity (Wildman–Crippen MR) is 133 cm³/mol. The van der Waals surface area contributed by atoms with Crippen molar-refractivity contribution in [2.45, 2.75) is 36.6 Å². The molecule has 7 nitrogen and oxygen atoms in total. The lowest BCUT2D eigenvalue weighted by Crippen LogP contribution is -2.55. The Bertz CT molecular complexity index is 1480. The summed E-state index contributed by atoms with van der Waals surface area (Å²) in [7, 11) is 0. The van der Waals surface area contributed by atoms with Crippen LogP contribution in [-0.2, 0) is 15.8 Å². The van der Waals surface area contributed by atoms with Gasteiger partial charge in [-0.1, -0.05) is 60.7 Å². The monoisotopic (exact) mass is 530 g/mol. The van der Waals surface area contributed by atoms with Crippen molar-refractivity contribution in [3.8, 4) is 6.07 Å². The molecule has 0 aromatic heterocycles. The van der Waals surface area contributed by atoms with Gasteiger partial charge in [-0.3, -0.25) is 9.59 Å². The molecule has 6 rings (SSSR count). The number of carbonyl (C=O) groups is 3. The average molecular weight is 531 g/mol. The fourth-order valence-corrected chi connectivity index (χ4v) is 6.09. The first kappa shape index (κ1) is 24.7. The van der Waals surface area contributed by atoms with Gasteiger partial charge in [0.05, 0.1) is 40.9 Å². The zero-order valence-corrected chi connectivity index (χ0v) is 20.4. The highest BCUT2D eigenvalue weighted by molar-refractivity contribution is 6.22. The molecule has 3 atom stereocenters. The molecule has 0 N–H and O–H groups in total. The number of piperazine rings is 1. The highest BCUT2D eigenvalue weighted by Gasteiger charge is 2.63. The van der Waals surface area contributed by atoms with Crippen molar-refractivity contribution < 1.29 is 27.6 Å². The van der Waals surface area contributed by atoms with Gasteiger partial charge in [0.25, 0.3) is 5.91 Å². The third-order valence-electron chi connectivity index (χ3n) is 7.75. The minimum Gasteiger partial charge on any atom is -0.334 e. The van der Waals surface area contributed by atoms with Gasteiger partial charge in [-0.15, -0.1) is 0 Å². The highest BCUT2D eigenvalue weighted by atomic mass is 19.4. The van der Waals surface area contributed by atoms with Crippen LogP contribution in [0.1, 0.15) is 34.6 Å². The minimum absolute atomic E-state index is 0.198. The van der Waals surface area contributed by atoms with Crippen LogP contribution in [0, 0.1) is 11.3 Å². The van der Waals surface area contributed by atoms with Crippen LogP contribution in [0.3, 0.4) is 0 Å². The SMILES string of the molecule is N#Cc1ccc(N2C(=O)C3C4C[C@H](CN4C(=O)C(c4ccccc4)c4ccccc4)N3C2=O)cc1C(F)(F)F. The second-order valence-corrected chi connectivity index (χ2v) is 9.85. The number of benzene rings is 3. The maximum atomic E-state index is 14.0. The Hall–Kier alpha value is -4.65. The van der Waals surface area contributed by atoms with Gasteiger partial charge in [0.1, 0.15) is 6.04 Å². The van der Waals surface area contributed by atoms with Gasteiger partial charge in [-0.05, 0) is 35.7 Å². The van der Waals surface area contributed by atoms with Gasteiger partial charge in [0.15, 0.2) is 0 Å². The summed E-state index contributed by atoms with van der Waals surface area (Å²) in [5, 5.41) is 9.10. The van der Waals surface area contributed by atoms with Crippen LogP contribution < -0.4 is 4.90 Å². The van der Waals surface area contributed by atoms with E-state index in [9.17, 15) is 27.6 Å². The predicted octanol–water partition coefficient (Wildman–Crippen LogP) is 4.53. The molecule has 3 aliphatic rings. The summed E-state index contributed by atoms with van der Waals surface area (Å²) in [4.78, 5) is 44.7. The van der Waals surface area contributed by atoms with E-state index in [2.05, 4.69) is 0 Å². The van der Waals surface area contributed by atoms with Crippen LogP contribution in [0.5, 0.6) is 0 Å². The number of hydrogen-bond acceptors (Lipinski definition) is 4. The molecule has 39 heavy (non-hydrogen) atoms. The molecule has 3 aliphatic heterocycles. The van der Waals surface area contributed by atoms with E-state index in [0.717, 1.165) is 28.2 Å². The third-order valence-corrected chi connectivity index (χ3v) is 7.75. The highest BCUT2D eigenvalue weighted by Crippen LogP contribution is 2.45. The van der Waals surface area contributed by atoms with Crippen molar-refractivity contribution in [1.82, 2.24) is 9.80 Å². The lowest BCUT2D eigenvalue weighted by atomic mass is 9.89. The van der Waals surface area contributed by atoms with Gasteiger partial charge in [0.2, 0.25) is 5.91 Å². The van der Waals surface area contributed by atoms with Crippen molar-refractivity contribution in [1.29, 1.82) is 5.26 Å². The number of carbonyl (C=O) groups excluding carboxylic acids is 3. The molecule has 0 saturated carbocycles. The summed E-state index contributed by atoms with van der Waals surface area (Å²) in [5.74, 6) is -1.49. The van der Waals surface area contributed by atoms with Gasteiger partial charge < -0.3 is 9.80 Å². The van der Waals surface area contributed by atoms with E-state index >= 15 is 0 Å². The number of anilines is 1. The van der Waals surface area contributed by atoms with E-state index in [0.29, 0.717) is 12.5 Å². The van der Waals surface area contributed by atoms with Crippen LogP contribution in [-0.4, -0.2) is 52.3 Å². The maximum absolute atomic E-state index is 14.0. The number of nitrogens with zero attached hydrogens (tertiary/aromatic N) is 4. The Morgan fingerprint density at radius 1 is 0.949 bits per heavy atom. The Labute approximate surface area is 221 Å². The fourth-order valence-electron chi connectivity index (χ4n) is 6.09. The van der Waals surface area contributed by atoms with E-state index in [1.165, 1.54) is 11.0 Å². The van der Waals surface area contributed by atoms with E-state index in [1.54, 1.807) is 4.90 Å². The van der Waals surface area contributed by atoms with Crippen LogP contribution in [0.4, 0.5) is 23.7 Å². The van der Waals surface area contributed by atoms with E-state index in [4.69, 9.17) is 5.26 Å². The lowest BCUT2D eigenvalue weighted by molar-refractivity contribution is -0.138. The third kappa shape index (κ3) is 3.84. The Kier molecular flexibility index (Phi) is 5.68.